The minimum atomic E-state index is -1.57. The molecule has 2 aromatic carbocycles. The van der Waals surface area contributed by atoms with Crippen LogP contribution in [-0.2, 0) is 46.2 Å². The lowest BCUT2D eigenvalue weighted by atomic mass is 9.27. The molecule has 1 aromatic heterocycles. The van der Waals surface area contributed by atoms with Gasteiger partial charge in [0.25, 0.3) is 0 Å². The number of esters is 2. The number of furan rings is 1. The van der Waals surface area contributed by atoms with Gasteiger partial charge in [-0.1, -0.05) is 124 Å². The lowest BCUT2D eigenvalue weighted by molar-refractivity contribution is -0.308. The van der Waals surface area contributed by atoms with Gasteiger partial charge < -0.3 is 43.6 Å². The quantitative estimate of drug-likeness (QED) is 0.0904. The number of aliphatic hydroxyl groups excluding tert-OH is 3. The van der Waals surface area contributed by atoms with Crippen LogP contribution in [0.25, 0.3) is 11.1 Å². The Bertz CT molecular complexity index is 4450. The van der Waals surface area contributed by atoms with E-state index in [9.17, 15) is 14.9 Å². The molecule has 14 fully saturated rings. The van der Waals surface area contributed by atoms with Crippen molar-refractivity contribution in [3.63, 3.8) is 0 Å². The molecule has 9 saturated carbocycles. The number of hydrogen-bond acceptors (Lipinski definition) is 13. The number of benzene rings is 2. The average Bonchev–Trinajstić information content (AvgIpc) is 1.39. The molecular formula is C87H94N2O11. The van der Waals surface area contributed by atoms with Gasteiger partial charge in [0.05, 0.1) is 42.6 Å². The van der Waals surface area contributed by atoms with Crippen molar-refractivity contribution in [1.29, 1.82) is 0 Å². The first-order valence-electron chi connectivity index (χ1n) is 40.0. The van der Waals surface area contributed by atoms with Crippen molar-refractivity contribution < 1.29 is 53.1 Å². The first kappa shape index (κ1) is 58.7. The number of cyclic esters (lactones) is 2. The molecule has 100 heavy (non-hydrogen) atoms. The SMILES string of the molecule is CC12CC3CC45CC6C=C7c8cccc9c8C8=CC%10CCCCC%10C%10CC=C%11C=CC%12C9C%11C8%10C8C=C(CC4C6)C46OC%128C8C(=O)C(O)C(C9CCCC(Cc%10ccccc%10)C9)(C3C84COC(=O)C756)C13OC3C(=O)OC2c1ccoc1CC(C(O)CO)C1CCC2C(C=CN3CNCC23)C1. The Morgan fingerprint density at radius 3 is 2.64 bits per heavy atom. The zero-order chi connectivity index (χ0) is 66.1. The summed E-state index contributed by atoms with van der Waals surface area (Å²) in [6.07, 6.45) is 34.7. The highest BCUT2D eigenvalue weighted by atomic mass is 16.7. The van der Waals surface area contributed by atoms with E-state index >= 15 is 19.5 Å². The summed E-state index contributed by atoms with van der Waals surface area (Å²) in [5, 5.41) is 42.5. The van der Waals surface area contributed by atoms with Crippen molar-refractivity contribution in [3.8, 4) is 0 Å². The predicted molar refractivity (Wildman–Crippen MR) is 367 cm³/mol. The van der Waals surface area contributed by atoms with E-state index in [1.165, 1.54) is 64.7 Å². The molecule has 7 spiro atoms. The van der Waals surface area contributed by atoms with E-state index in [1.807, 2.05) is 6.07 Å². The van der Waals surface area contributed by atoms with Crippen LogP contribution < -0.4 is 5.32 Å². The second-order valence-electron chi connectivity index (χ2n) is 37.9. The molecule has 32 unspecified atom stereocenters. The average molecular weight is 1340 g/mol. The van der Waals surface area contributed by atoms with E-state index < -0.39 is 91.5 Å². The first-order chi connectivity index (χ1) is 48.8. The van der Waals surface area contributed by atoms with Gasteiger partial charge in [0.1, 0.15) is 41.2 Å². The number of fused-ring (bicyclic) bond motifs is 6. The Labute approximate surface area is 585 Å². The Morgan fingerprint density at radius 1 is 0.840 bits per heavy atom. The second-order valence-corrected chi connectivity index (χ2v) is 37.9. The number of Topliss-reactive ketones (excluding diaryl/α,β-unsaturated/α-hetero) is 1. The van der Waals surface area contributed by atoms with Gasteiger partial charge >= 0.3 is 11.9 Å². The van der Waals surface area contributed by atoms with Gasteiger partial charge in [-0.3, -0.25) is 14.9 Å². The number of ether oxygens (including phenoxy) is 4. The highest BCUT2D eigenvalue weighted by molar-refractivity contribution is 6.05. The maximum absolute atomic E-state index is 18.9. The molecular weight excluding hydrogens is 1250 g/mol. The number of epoxide rings is 1. The molecule has 13 heteroatoms. The molecule has 518 valence electrons. The van der Waals surface area contributed by atoms with Crippen LogP contribution in [0.4, 0.5) is 0 Å². The predicted octanol–water partition coefficient (Wildman–Crippen LogP) is 12.1. The Hall–Kier alpha value is -5.67. The van der Waals surface area contributed by atoms with Gasteiger partial charge in [0.15, 0.2) is 11.9 Å². The summed E-state index contributed by atoms with van der Waals surface area (Å²) >= 11 is 0. The standard InChI is InChI=1S/C87H94N2O11/c1-79-37-50-38-80-36-45-29-52(80)33-53-34-67-82-60-21-18-46-19-22-61-69(70(46)82)58-16-8-15-56(68(58)63(82)32-47-12-5-6-14-54(47)60)62(30-45)85(80)78(95)97-41-81-72(50)83(74(93)71(92)73(81)84(61,67)100-86(53,81)85,51-13-7-11-44(28-51)27-43-9-3-2-4-10-43)87(79)76(99-87)77(94)98-75(79)57-24-26-96-66(57)35-59(65(91)40-90)48-17-20-55-49(31-48)23-25-89-42-88-39-64(55)89/h2-4,8-10,15-16,18-19,22-26,30,32,34,44-45,47-52,54-55,59-61,64-65,67,69-70,72-76,88,90-91,93H,5-7,11-14,17,20-21,27-29,31,33,35-42H2,1H3. The lowest BCUT2D eigenvalue weighted by Gasteiger charge is -2.76. The number of ketones is 1. The highest BCUT2D eigenvalue weighted by Gasteiger charge is 3.03. The maximum atomic E-state index is 18.9. The first-order valence-corrected chi connectivity index (χ1v) is 40.0. The molecule has 4 N–H and O–H groups in total. The number of allylic oxidation sites excluding steroid dienone is 7. The zero-order valence-corrected chi connectivity index (χ0v) is 57.5. The number of hydrogen-bond donors (Lipinski definition) is 4. The van der Waals surface area contributed by atoms with Gasteiger partial charge in [0.2, 0.25) is 0 Å². The van der Waals surface area contributed by atoms with E-state index in [0.29, 0.717) is 60.7 Å². The van der Waals surface area contributed by atoms with Crippen LogP contribution >= 0.6 is 0 Å². The summed E-state index contributed by atoms with van der Waals surface area (Å²) in [4.78, 5) is 55.2. The summed E-state index contributed by atoms with van der Waals surface area (Å²) < 4.78 is 39.2. The van der Waals surface area contributed by atoms with E-state index in [1.54, 1.807) is 6.26 Å². The van der Waals surface area contributed by atoms with Crippen LogP contribution in [0, 0.1) is 133 Å². The van der Waals surface area contributed by atoms with Crippen molar-refractivity contribution in [2.45, 2.75) is 182 Å². The van der Waals surface area contributed by atoms with Crippen molar-refractivity contribution in [2.24, 2.45) is 133 Å². The number of carbonyl (C=O) groups excluding carboxylic acids is 3. The number of aliphatic hydroxyl groups is 3. The molecule has 23 aliphatic rings. The minimum Gasteiger partial charge on any atom is -0.469 e. The van der Waals surface area contributed by atoms with Crippen LogP contribution in [0.1, 0.15) is 162 Å². The molecule has 5 saturated heterocycles. The summed E-state index contributed by atoms with van der Waals surface area (Å²) in [5.41, 5.74) is 1.16. The fourth-order valence-corrected chi connectivity index (χ4v) is 34.1. The van der Waals surface area contributed by atoms with E-state index in [4.69, 9.17) is 18.6 Å². The van der Waals surface area contributed by atoms with Gasteiger partial charge in [-0.05, 0) is 229 Å². The van der Waals surface area contributed by atoms with Crippen LogP contribution in [-0.4, -0.2) is 106 Å². The summed E-state index contributed by atoms with van der Waals surface area (Å²) in [6, 6.07) is 20.6. The van der Waals surface area contributed by atoms with Crippen molar-refractivity contribution in [1.82, 2.24) is 10.2 Å². The summed E-state index contributed by atoms with van der Waals surface area (Å²) in [6.45, 7) is 3.78. The van der Waals surface area contributed by atoms with Crippen molar-refractivity contribution >= 4 is 28.9 Å². The third-order valence-corrected chi connectivity index (χ3v) is 35.9. The molecule has 32 atom stereocenters. The van der Waals surface area contributed by atoms with E-state index in [2.05, 4.69) is 114 Å². The lowest BCUT2D eigenvalue weighted by Crippen LogP contribution is -2.83. The third-order valence-electron chi connectivity index (χ3n) is 35.9. The topological polar surface area (TPSA) is 181 Å². The Balaban J connectivity index is 0.746. The maximum Gasteiger partial charge on any atom is 0.339 e. The van der Waals surface area contributed by atoms with E-state index in [-0.39, 0.29) is 90.1 Å². The van der Waals surface area contributed by atoms with Crippen molar-refractivity contribution in [2.75, 3.05) is 26.4 Å². The van der Waals surface area contributed by atoms with E-state index in [0.717, 1.165) is 101 Å². The molecule has 16 aliphatic carbocycles. The van der Waals surface area contributed by atoms with Gasteiger partial charge in [-0.2, -0.15) is 0 Å². The van der Waals surface area contributed by atoms with Crippen molar-refractivity contribution in [3.05, 3.63) is 154 Å². The minimum absolute atomic E-state index is 0.00710. The van der Waals surface area contributed by atoms with Crippen LogP contribution in [0.5, 0.6) is 0 Å². The third kappa shape index (κ3) is 5.87. The molecule has 3 aromatic rings. The highest BCUT2D eigenvalue weighted by Crippen LogP contribution is 2.97. The number of nitrogens with one attached hydrogen (secondary N) is 1. The second kappa shape index (κ2) is 18.7. The normalized spacial score (nSPS) is 53.5. The molecule has 0 radical (unpaired) electrons. The fourth-order valence-electron chi connectivity index (χ4n) is 34.1. The molecule has 8 heterocycles. The van der Waals surface area contributed by atoms with Crippen LogP contribution in [0.15, 0.2) is 125 Å². The van der Waals surface area contributed by atoms with Gasteiger partial charge in [-0.25, -0.2) is 4.79 Å². The summed E-state index contributed by atoms with van der Waals surface area (Å²) in [7, 11) is 0. The Kier molecular flexibility index (Phi) is 11.0. The largest absolute Gasteiger partial charge is 0.469 e. The number of nitrogens with zero attached hydrogens (tertiary/aromatic N) is 1. The number of rotatable bonds is 9. The molecule has 13 bridgehead atoms. The van der Waals surface area contributed by atoms with Crippen LogP contribution in [0.3, 0.4) is 0 Å². The fraction of sp³-hybridized carbons (Fsp3) is 0.644. The van der Waals surface area contributed by atoms with Gasteiger partial charge in [0, 0.05) is 64.5 Å². The number of carbonyl (C=O) groups is 3. The summed E-state index contributed by atoms with van der Waals surface area (Å²) in [5.74, 6) is -0.0597. The zero-order valence-electron chi connectivity index (χ0n) is 57.5. The molecule has 26 rings (SSSR count). The Morgan fingerprint density at radius 2 is 1.74 bits per heavy atom. The van der Waals surface area contributed by atoms with Crippen LogP contribution in [0.2, 0.25) is 0 Å². The monoisotopic (exact) mass is 1340 g/mol. The smallest absolute Gasteiger partial charge is 0.339 e. The molecule has 0 amide bonds. The van der Waals surface area contributed by atoms with Gasteiger partial charge in [-0.15, -0.1) is 0 Å². The molecule has 13 nitrogen and oxygen atoms in total. The molecule has 7 aliphatic heterocycles.